The Morgan fingerprint density at radius 3 is 2.42 bits per heavy atom. The molecule has 1 amide bonds. The number of amides is 1. The second-order valence-electron chi connectivity index (χ2n) is 8.98. The molecule has 0 saturated carbocycles. The zero-order valence-electron chi connectivity index (χ0n) is 19.4. The van der Waals surface area contributed by atoms with Crippen molar-refractivity contribution >= 4 is 57.3 Å². The fourth-order valence-electron chi connectivity index (χ4n) is 4.57. The first-order valence-electron chi connectivity index (χ1n) is 11.5. The Labute approximate surface area is 223 Å². The van der Waals surface area contributed by atoms with Gasteiger partial charge in [-0.05, 0) is 67.8 Å². The molecule has 1 aliphatic heterocycles. The average molecular weight is 542 g/mol. The molecule has 7 nitrogen and oxygen atoms in total. The lowest BCUT2D eigenvalue weighted by Crippen LogP contribution is -2.40. The summed E-state index contributed by atoms with van der Waals surface area (Å²) < 4.78 is 0. The van der Waals surface area contributed by atoms with Crippen LogP contribution in [0.5, 0.6) is 0 Å². The summed E-state index contributed by atoms with van der Waals surface area (Å²) in [5, 5.41) is 11.3. The summed E-state index contributed by atoms with van der Waals surface area (Å²) in [4.78, 5) is 18.4. The molecule has 0 spiro atoms. The largest absolute Gasteiger partial charge is 0.369 e. The number of nitrogens with zero attached hydrogens (tertiary/aromatic N) is 4. The number of nitrogens with two attached hydrogens (primary N) is 2. The number of primary amides is 1. The van der Waals surface area contributed by atoms with Gasteiger partial charge in [-0.1, -0.05) is 34.8 Å². The topological polar surface area (TPSA) is 111 Å². The van der Waals surface area contributed by atoms with Crippen LogP contribution in [0.2, 0.25) is 15.1 Å². The number of aromatic nitrogens is 3. The van der Waals surface area contributed by atoms with Crippen LogP contribution in [0.15, 0.2) is 42.5 Å². The van der Waals surface area contributed by atoms with Crippen LogP contribution < -0.4 is 16.4 Å². The molecule has 0 unspecified atom stereocenters. The maximum Gasteiger partial charge on any atom is 0.267 e. The number of pyridine rings is 1. The van der Waals surface area contributed by atoms with Crippen LogP contribution >= 0.6 is 34.8 Å². The molecule has 0 radical (unpaired) electrons. The van der Waals surface area contributed by atoms with Crippen LogP contribution in [0.3, 0.4) is 0 Å². The number of hydrogen-bond acceptors (Lipinski definition) is 6. The molecule has 5 rings (SSSR count). The fourth-order valence-corrected chi connectivity index (χ4v) is 5.32. The SMILES string of the molecule is Cc1cc(Cl)cc(-c2nnc3cc(Cl)c(-c4nc(C(N)=O)ccc4Cl)cc3c2N2CCC(N)CC2)c1. The summed E-state index contributed by atoms with van der Waals surface area (Å²) >= 11 is 19.6. The van der Waals surface area contributed by atoms with Gasteiger partial charge in [0.15, 0.2) is 0 Å². The van der Waals surface area contributed by atoms with E-state index in [1.54, 1.807) is 12.1 Å². The Kier molecular flexibility index (Phi) is 6.74. The van der Waals surface area contributed by atoms with Crippen molar-refractivity contribution in [3.05, 3.63) is 68.8 Å². The molecule has 184 valence electrons. The first kappa shape index (κ1) is 24.7. The quantitative estimate of drug-likeness (QED) is 0.345. The van der Waals surface area contributed by atoms with E-state index in [-0.39, 0.29) is 11.7 Å². The Morgan fingerprint density at radius 1 is 0.972 bits per heavy atom. The van der Waals surface area contributed by atoms with E-state index in [1.807, 2.05) is 31.2 Å². The number of hydrogen-bond donors (Lipinski definition) is 2. The van der Waals surface area contributed by atoms with Crippen LogP contribution in [0.25, 0.3) is 33.4 Å². The molecule has 0 atom stereocenters. The monoisotopic (exact) mass is 540 g/mol. The van der Waals surface area contributed by atoms with Crippen molar-refractivity contribution in [1.29, 1.82) is 0 Å². The van der Waals surface area contributed by atoms with Gasteiger partial charge in [-0.25, -0.2) is 4.98 Å². The van der Waals surface area contributed by atoms with E-state index in [0.29, 0.717) is 37.5 Å². The third kappa shape index (κ3) is 4.72. The molecule has 1 saturated heterocycles. The molecule has 2 aromatic heterocycles. The first-order chi connectivity index (χ1) is 17.2. The summed E-state index contributed by atoms with van der Waals surface area (Å²) in [6.45, 7) is 3.52. The van der Waals surface area contributed by atoms with Gasteiger partial charge in [0, 0.05) is 40.7 Å². The number of carbonyl (C=O) groups excluding carboxylic acids is 1. The number of rotatable bonds is 4. The van der Waals surface area contributed by atoms with Gasteiger partial charge in [0.25, 0.3) is 5.91 Å². The van der Waals surface area contributed by atoms with Gasteiger partial charge < -0.3 is 16.4 Å². The molecule has 0 bridgehead atoms. The third-order valence-corrected chi connectivity index (χ3v) is 7.18. The Balaban J connectivity index is 1.79. The molecule has 4 N–H and O–H groups in total. The van der Waals surface area contributed by atoms with Crippen molar-refractivity contribution in [3.63, 3.8) is 0 Å². The highest BCUT2D eigenvalue weighted by Gasteiger charge is 2.25. The molecule has 1 fully saturated rings. The zero-order valence-corrected chi connectivity index (χ0v) is 21.7. The lowest BCUT2D eigenvalue weighted by atomic mass is 9.99. The van der Waals surface area contributed by atoms with Crippen molar-refractivity contribution in [2.45, 2.75) is 25.8 Å². The van der Waals surface area contributed by atoms with E-state index in [9.17, 15) is 4.79 Å². The van der Waals surface area contributed by atoms with Gasteiger partial charge in [0.1, 0.15) is 11.4 Å². The van der Waals surface area contributed by atoms with E-state index < -0.39 is 5.91 Å². The molecule has 0 aliphatic carbocycles. The molecule has 10 heteroatoms. The number of piperidine rings is 1. The van der Waals surface area contributed by atoms with Crippen LogP contribution in [0.1, 0.15) is 28.9 Å². The lowest BCUT2D eigenvalue weighted by molar-refractivity contribution is 0.0995. The minimum atomic E-state index is -0.653. The number of fused-ring (bicyclic) bond motifs is 1. The Bertz CT molecular complexity index is 1480. The van der Waals surface area contributed by atoms with E-state index in [1.165, 1.54) is 6.07 Å². The molecular weight excluding hydrogens is 519 g/mol. The Hall–Kier alpha value is -2.97. The molecular formula is C26H23Cl3N6O. The van der Waals surface area contributed by atoms with Crippen molar-refractivity contribution in [1.82, 2.24) is 15.2 Å². The number of benzene rings is 2. The summed E-state index contributed by atoms with van der Waals surface area (Å²) in [7, 11) is 0. The van der Waals surface area contributed by atoms with Crippen LogP contribution in [0, 0.1) is 6.92 Å². The highest BCUT2D eigenvalue weighted by Crippen LogP contribution is 2.41. The number of anilines is 1. The number of carbonyl (C=O) groups is 1. The smallest absolute Gasteiger partial charge is 0.267 e. The van der Waals surface area contributed by atoms with Crippen LogP contribution in [-0.2, 0) is 0 Å². The van der Waals surface area contributed by atoms with E-state index >= 15 is 0 Å². The van der Waals surface area contributed by atoms with Gasteiger partial charge in [0.05, 0.1) is 26.9 Å². The molecule has 3 heterocycles. The van der Waals surface area contributed by atoms with Crippen LogP contribution in [0.4, 0.5) is 5.69 Å². The zero-order chi connectivity index (χ0) is 25.6. The van der Waals surface area contributed by atoms with Crippen molar-refractivity contribution in [2.75, 3.05) is 18.0 Å². The highest BCUT2D eigenvalue weighted by atomic mass is 35.5. The third-order valence-electron chi connectivity index (χ3n) is 6.35. The van der Waals surface area contributed by atoms with Gasteiger partial charge in [-0.3, -0.25) is 4.79 Å². The predicted molar refractivity (Wildman–Crippen MR) is 146 cm³/mol. The van der Waals surface area contributed by atoms with Crippen molar-refractivity contribution < 1.29 is 4.79 Å². The predicted octanol–water partition coefficient (Wildman–Crippen LogP) is 5.65. The van der Waals surface area contributed by atoms with Gasteiger partial charge >= 0.3 is 0 Å². The van der Waals surface area contributed by atoms with Crippen LogP contribution in [-0.4, -0.2) is 40.2 Å². The van der Waals surface area contributed by atoms with Gasteiger partial charge in [0.2, 0.25) is 0 Å². The second kappa shape index (κ2) is 9.82. The molecule has 1 aliphatic rings. The van der Waals surface area contributed by atoms with Gasteiger partial charge in [-0.15, -0.1) is 10.2 Å². The second-order valence-corrected chi connectivity index (χ2v) is 10.2. The maximum absolute atomic E-state index is 11.8. The normalized spacial score (nSPS) is 14.4. The van der Waals surface area contributed by atoms with E-state index in [2.05, 4.69) is 20.1 Å². The van der Waals surface area contributed by atoms with Gasteiger partial charge in [-0.2, -0.15) is 0 Å². The maximum atomic E-state index is 11.8. The number of aryl methyl sites for hydroxylation is 1. The fraction of sp³-hybridized carbons (Fsp3) is 0.231. The minimum Gasteiger partial charge on any atom is -0.369 e. The van der Waals surface area contributed by atoms with E-state index in [0.717, 1.165) is 48.1 Å². The Morgan fingerprint density at radius 2 is 1.72 bits per heavy atom. The standard InChI is InChI=1S/C26H23Cl3N6O/c1-13-8-14(10-15(27)9-13)23-25(35-6-4-16(30)5-7-35)18-11-17(20(29)12-22(18)33-34-23)24-19(28)2-3-21(32-24)26(31)36/h2-3,8-12,16H,4-7,30H2,1H3,(H2,31,36). The average Bonchev–Trinajstić information content (AvgIpc) is 2.83. The first-order valence-corrected chi connectivity index (χ1v) is 12.6. The summed E-state index contributed by atoms with van der Waals surface area (Å²) in [6, 6.07) is 12.7. The molecule has 2 aromatic carbocycles. The molecule has 4 aromatic rings. The van der Waals surface area contributed by atoms with E-state index in [4.69, 9.17) is 46.3 Å². The minimum absolute atomic E-state index is 0.0961. The highest BCUT2D eigenvalue weighted by molar-refractivity contribution is 6.37. The lowest BCUT2D eigenvalue weighted by Gasteiger charge is -2.33. The number of halogens is 3. The van der Waals surface area contributed by atoms with Crippen molar-refractivity contribution in [3.8, 4) is 22.5 Å². The summed E-state index contributed by atoms with van der Waals surface area (Å²) in [5.74, 6) is -0.653. The summed E-state index contributed by atoms with van der Waals surface area (Å²) in [6.07, 6.45) is 1.71. The van der Waals surface area contributed by atoms with Crippen molar-refractivity contribution in [2.24, 2.45) is 11.5 Å². The summed E-state index contributed by atoms with van der Waals surface area (Å²) in [5.41, 5.74) is 16.8. The molecule has 36 heavy (non-hydrogen) atoms.